The van der Waals surface area contributed by atoms with Crippen molar-refractivity contribution in [1.29, 1.82) is 0 Å². The van der Waals surface area contributed by atoms with Crippen molar-refractivity contribution in [3.63, 3.8) is 0 Å². The van der Waals surface area contributed by atoms with Gasteiger partial charge in [-0.15, -0.1) is 0 Å². The lowest BCUT2D eigenvalue weighted by Gasteiger charge is -2.22. The summed E-state index contributed by atoms with van der Waals surface area (Å²) in [6.45, 7) is 5.13. The number of hydrogen-bond donors (Lipinski definition) is 1. The number of azo groups is 1. The Labute approximate surface area is 163 Å². The van der Waals surface area contributed by atoms with Crippen LogP contribution in [-0.2, 0) is 4.79 Å². The zero-order valence-corrected chi connectivity index (χ0v) is 15.8. The highest BCUT2D eigenvalue weighted by Crippen LogP contribution is 2.23. The summed E-state index contributed by atoms with van der Waals surface area (Å²) in [4.78, 5) is 23.2. The first-order valence-corrected chi connectivity index (χ1v) is 8.82. The number of rotatable bonds is 9. The van der Waals surface area contributed by atoms with Crippen LogP contribution < -0.4 is 4.90 Å². The summed E-state index contributed by atoms with van der Waals surface area (Å²) in [6.07, 6.45) is 2.37. The number of anilines is 1. The molecule has 0 amide bonds. The number of nitrogens with zero attached hydrogens (tertiary/aromatic N) is 4. The van der Waals surface area contributed by atoms with Gasteiger partial charge in [-0.05, 0) is 56.7 Å². The molecule has 146 valence electrons. The van der Waals surface area contributed by atoms with Gasteiger partial charge in [0, 0.05) is 36.5 Å². The van der Waals surface area contributed by atoms with E-state index in [2.05, 4.69) is 15.1 Å². The fourth-order valence-electron chi connectivity index (χ4n) is 2.48. The Morgan fingerprint density at radius 1 is 1.11 bits per heavy atom. The molecule has 2 aromatic carbocycles. The molecule has 0 atom stereocenters. The molecular formula is C20H22N4O4. The molecule has 1 N–H and O–H groups in total. The summed E-state index contributed by atoms with van der Waals surface area (Å²) in [5.74, 6) is -0.897. The van der Waals surface area contributed by atoms with Crippen molar-refractivity contribution >= 4 is 28.7 Å². The zero-order chi connectivity index (χ0) is 20.5. The summed E-state index contributed by atoms with van der Waals surface area (Å²) in [6, 6.07) is 13.4. The van der Waals surface area contributed by atoms with Crippen molar-refractivity contribution in [2.24, 2.45) is 10.2 Å². The summed E-state index contributed by atoms with van der Waals surface area (Å²) >= 11 is 0. The molecule has 28 heavy (non-hydrogen) atoms. The third-order valence-corrected chi connectivity index (χ3v) is 4.12. The molecule has 0 heterocycles. The minimum absolute atomic E-state index is 0.0105. The van der Waals surface area contributed by atoms with Crippen LogP contribution in [0.3, 0.4) is 0 Å². The summed E-state index contributed by atoms with van der Waals surface area (Å²) in [5, 5.41) is 27.8. The van der Waals surface area contributed by atoms with Crippen LogP contribution in [0.25, 0.3) is 0 Å². The Bertz CT molecular complexity index is 874. The lowest BCUT2D eigenvalue weighted by molar-refractivity contribution is -0.384. The molecule has 0 aromatic heterocycles. The minimum atomic E-state index is -0.897. The van der Waals surface area contributed by atoms with Gasteiger partial charge >= 0.3 is 5.97 Å². The van der Waals surface area contributed by atoms with Gasteiger partial charge in [-0.3, -0.25) is 10.1 Å². The maximum Gasteiger partial charge on any atom is 0.330 e. The van der Waals surface area contributed by atoms with E-state index in [1.165, 1.54) is 12.1 Å². The second-order valence-electron chi connectivity index (χ2n) is 6.05. The maximum atomic E-state index is 10.8. The molecular weight excluding hydrogens is 360 g/mol. The molecule has 0 aliphatic carbocycles. The molecule has 0 aliphatic rings. The average molecular weight is 382 g/mol. The van der Waals surface area contributed by atoms with E-state index in [9.17, 15) is 14.9 Å². The van der Waals surface area contributed by atoms with Gasteiger partial charge in [0.15, 0.2) is 0 Å². The van der Waals surface area contributed by atoms with Crippen LogP contribution in [0.1, 0.15) is 20.3 Å². The van der Waals surface area contributed by atoms with E-state index in [4.69, 9.17) is 5.11 Å². The van der Waals surface area contributed by atoms with E-state index in [0.717, 1.165) is 12.2 Å². The number of benzene rings is 2. The van der Waals surface area contributed by atoms with Gasteiger partial charge in [0.1, 0.15) is 0 Å². The van der Waals surface area contributed by atoms with Gasteiger partial charge < -0.3 is 10.0 Å². The molecule has 0 saturated heterocycles. The molecule has 0 radical (unpaired) electrons. The lowest BCUT2D eigenvalue weighted by atomic mass is 10.2. The third-order valence-electron chi connectivity index (χ3n) is 4.12. The predicted molar refractivity (Wildman–Crippen MR) is 108 cm³/mol. The van der Waals surface area contributed by atoms with Crippen molar-refractivity contribution in [2.75, 3.05) is 18.0 Å². The highest BCUT2D eigenvalue weighted by atomic mass is 16.6. The topological polar surface area (TPSA) is 108 Å². The van der Waals surface area contributed by atoms with E-state index in [1.54, 1.807) is 25.1 Å². The van der Waals surface area contributed by atoms with Crippen molar-refractivity contribution in [3.8, 4) is 0 Å². The number of nitro benzene ring substituents is 1. The molecule has 0 fully saturated rings. The quantitative estimate of drug-likeness (QED) is 0.275. The largest absolute Gasteiger partial charge is 0.478 e. The van der Waals surface area contributed by atoms with E-state index < -0.39 is 10.9 Å². The van der Waals surface area contributed by atoms with Crippen LogP contribution in [0.15, 0.2) is 70.4 Å². The van der Waals surface area contributed by atoms with E-state index in [0.29, 0.717) is 29.9 Å². The van der Waals surface area contributed by atoms with Crippen molar-refractivity contribution in [3.05, 3.63) is 70.3 Å². The van der Waals surface area contributed by atoms with E-state index in [-0.39, 0.29) is 5.69 Å². The highest BCUT2D eigenvalue weighted by molar-refractivity contribution is 5.85. The van der Waals surface area contributed by atoms with Crippen LogP contribution in [0.4, 0.5) is 22.7 Å². The first-order chi connectivity index (χ1) is 13.4. The second kappa shape index (κ2) is 9.96. The molecule has 8 nitrogen and oxygen atoms in total. The number of hydrogen-bond acceptors (Lipinski definition) is 6. The summed E-state index contributed by atoms with van der Waals surface area (Å²) in [7, 11) is 0. The van der Waals surface area contributed by atoms with E-state index in [1.807, 2.05) is 31.2 Å². The fourth-order valence-corrected chi connectivity index (χ4v) is 2.48. The molecule has 0 bridgehead atoms. The number of carboxylic acid groups (broad SMARTS) is 1. The molecule has 0 spiro atoms. The van der Waals surface area contributed by atoms with Crippen molar-refractivity contribution < 1.29 is 14.8 Å². The van der Waals surface area contributed by atoms with Gasteiger partial charge in [-0.1, -0.05) is 6.08 Å². The minimum Gasteiger partial charge on any atom is -0.478 e. The van der Waals surface area contributed by atoms with Crippen molar-refractivity contribution in [1.82, 2.24) is 0 Å². The van der Waals surface area contributed by atoms with Crippen LogP contribution in [-0.4, -0.2) is 29.1 Å². The van der Waals surface area contributed by atoms with Gasteiger partial charge in [0.05, 0.1) is 16.3 Å². The lowest BCUT2D eigenvalue weighted by Crippen LogP contribution is -2.23. The Kier molecular flexibility index (Phi) is 7.38. The Morgan fingerprint density at radius 2 is 1.64 bits per heavy atom. The Morgan fingerprint density at radius 3 is 2.11 bits per heavy atom. The number of carbonyl (C=O) groups is 1. The maximum absolute atomic E-state index is 10.8. The van der Waals surface area contributed by atoms with Crippen LogP contribution in [0, 0.1) is 10.1 Å². The molecule has 0 aliphatic heterocycles. The average Bonchev–Trinajstić information content (AvgIpc) is 2.70. The van der Waals surface area contributed by atoms with Gasteiger partial charge in [-0.25, -0.2) is 4.79 Å². The van der Waals surface area contributed by atoms with Gasteiger partial charge in [-0.2, -0.15) is 10.2 Å². The third kappa shape index (κ3) is 6.01. The second-order valence-corrected chi connectivity index (χ2v) is 6.05. The van der Waals surface area contributed by atoms with Crippen LogP contribution in [0.2, 0.25) is 0 Å². The highest BCUT2D eigenvalue weighted by Gasteiger charge is 2.05. The molecule has 0 saturated carbocycles. The molecule has 2 aromatic rings. The molecule has 8 heteroatoms. The number of nitro groups is 1. The Balaban J connectivity index is 2.00. The summed E-state index contributed by atoms with van der Waals surface area (Å²) in [5.41, 5.74) is 2.57. The SMILES string of the molecule is CCN(CCC=C(C)C(=O)O)c1ccc(N=Nc2ccc([N+](=O)[O-])cc2)cc1. The van der Waals surface area contributed by atoms with Gasteiger partial charge in [0.25, 0.3) is 5.69 Å². The van der Waals surface area contributed by atoms with Gasteiger partial charge in [0.2, 0.25) is 0 Å². The monoisotopic (exact) mass is 382 g/mol. The van der Waals surface area contributed by atoms with Crippen LogP contribution >= 0.6 is 0 Å². The van der Waals surface area contributed by atoms with Crippen LogP contribution in [0.5, 0.6) is 0 Å². The van der Waals surface area contributed by atoms with E-state index >= 15 is 0 Å². The zero-order valence-electron chi connectivity index (χ0n) is 15.8. The standard InChI is InChI=1S/C20H22N4O4/c1-3-23(14-4-5-15(2)20(25)26)18-10-6-16(7-11-18)21-22-17-8-12-19(13-9-17)24(27)28/h5-13H,3-4,14H2,1-2H3,(H,25,26). The number of carboxylic acids is 1. The molecule has 2 rings (SSSR count). The first kappa shape index (κ1) is 20.8. The smallest absolute Gasteiger partial charge is 0.330 e. The normalized spacial score (nSPS) is 11.6. The predicted octanol–water partition coefficient (Wildman–Crippen LogP) is 5.26. The summed E-state index contributed by atoms with van der Waals surface area (Å²) < 4.78 is 0. The molecule has 0 unspecified atom stereocenters. The number of aliphatic carboxylic acids is 1. The van der Waals surface area contributed by atoms with Crippen molar-refractivity contribution in [2.45, 2.75) is 20.3 Å². The fraction of sp³-hybridized carbons (Fsp3) is 0.250. The first-order valence-electron chi connectivity index (χ1n) is 8.82. The Hall–Kier alpha value is -3.55. The number of non-ortho nitro benzene ring substituents is 1.